The molecule has 0 unspecified atom stereocenters. The van der Waals surface area contributed by atoms with Gasteiger partial charge < -0.3 is 14.8 Å². The first kappa shape index (κ1) is 17.9. The first-order valence-corrected chi connectivity index (χ1v) is 8.28. The quantitative estimate of drug-likeness (QED) is 0.670. The third-order valence-electron chi connectivity index (χ3n) is 4.07. The summed E-state index contributed by atoms with van der Waals surface area (Å²) in [5, 5.41) is 7.23. The highest BCUT2D eigenvalue weighted by Gasteiger charge is 2.29. The largest absolute Gasteiger partial charge is 0.484 e. The molecule has 1 aliphatic rings. The lowest BCUT2D eigenvalue weighted by atomic mass is 10.1. The van der Waals surface area contributed by atoms with Crippen molar-refractivity contribution in [3.63, 3.8) is 0 Å². The number of rotatable bonds is 5. The molecule has 9 heteroatoms. The van der Waals surface area contributed by atoms with Crippen molar-refractivity contribution >= 4 is 5.91 Å². The second-order valence-electron chi connectivity index (χ2n) is 6.12. The van der Waals surface area contributed by atoms with Crippen LogP contribution in [-0.4, -0.2) is 46.4 Å². The molecule has 3 heterocycles. The van der Waals surface area contributed by atoms with Crippen LogP contribution in [0.15, 0.2) is 34.0 Å². The first-order valence-electron chi connectivity index (χ1n) is 8.28. The Kier molecular flexibility index (Phi) is 5.47. The van der Waals surface area contributed by atoms with Gasteiger partial charge in [-0.25, -0.2) is 0 Å². The number of aromatic nitrogens is 3. The average molecular weight is 360 g/mol. The third kappa shape index (κ3) is 4.57. The number of ether oxygens (including phenoxy) is 2. The number of pyridine rings is 1. The first-order chi connectivity index (χ1) is 12.5. The summed E-state index contributed by atoms with van der Waals surface area (Å²) in [4.78, 5) is 39.5. The smallest absolute Gasteiger partial charge is 0.266 e. The molecule has 3 rings (SSSR count). The topological polar surface area (TPSA) is 126 Å². The number of H-pyrrole nitrogens is 2. The Labute approximate surface area is 148 Å². The summed E-state index contributed by atoms with van der Waals surface area (Å²) >= 11 is 0. The SMILES string of the molecule is Cc1ccc(O[C@H]2COCC[C@H]2NC(=O)Cc2cc(=O)[nH][nH]c2=O)cn1. The highest BCUT2D eigenvalue weighted by molar-refractivity contribution is 5.78. The Hall–Kier alpha value is -2.94. The predicted octanol–water partition coefficient (Wildman–Crippen LogP) is -0.338. The minimum Gasteiger partial charge on any atom is -0.484 e. The Morgan fingerprint density at radius 2 is 2.23 bits per heavy atom. The van der Waals surface area contributed by atoms with E-state index in [4.69, 9.17) is 9.47 Å². The van der Waals surface area contributed by atoms with Crippen LogP contribution < -0.4 is 21.2 Å². The Morgan fingerprint density at radius 3 is 3.00 bits per heavy atom. The van der Waals surface area contributed by atoms with Crippen molar-refractivity contribution in [1.82, 2.24) is 20.5 Å². The molecule has 0 radical (unpaired) electrons. The number of hydrogen-bond donors (Lipinski definition) is 3. The summed E-state index contributed by atoms with van der Waals surface area (Å²) in [7, 11) is 0. The van der Waals surface area contributed by atoms with Gasteiger partial charge in [0.1, 0.15) is 11.9 Å². The number of carbonyl (C=O) groups is 1. The summed E-state index contributed by atoms with van der Waals surface area (Å²) in [5.41, 5.74) is 0.0282. The molecule has 1 amide bonds. The lowest BCUT2D eigenvalue weighted by Gasteiger charge is -2.32. The van der Waals surface area contributed by atoms with E-state index in [-0.39, 0.29) is 30.0 Å². The van der Waals surface area contributed by atoms with Crippen LogP contribution in [0.1, 0.15) is 17.7 Å². The van der Waals surface area contributed by atoms with Crippen LogP contribution in [0.2, 0.25) is 0 Å². The van der Waals surface area contributed by atoms with Gasteiger partial charge in [0.25, 0.3) is 11.1 Å². The van der Waals surface area contributed by atoms with Crippen molar-refractivity contribution in [3.8, 4) is 5.75 Å². The van der Waals surface area contributed by atoms with Crippen LogP contribution in [0.5, 0.6) is 5.75 Å². The summed E-state index contributed by atoms with van der Waals surface area (Å²) in [5.74, 6) is 0.236. The van der Waals surface area contributed by atoms with Gasteiger partial charge in [-0.1, -0.05) is 0 Å². The molecule has 26 heavy (non-hydrogen) atoms. The van der Waals surface area contributed by atoms with Gasteiger partial charge in [-0.3, -0.25) is 29.6 Å². The molecule has 0 aromatic carbocycles. The summed E-state index contributed by atoms with van der Waals surface area (Å²) in [6, 6.07) is 4.50. The van der Waals surface area contributed by atoms with Crippen LogP contribution in [0.4, 0.5) is 0 Å². The van der Waals surface area contributed by atoms with Crippen molar-refractivity contribution in [2.75, 3.05) is 13.2 Å². The standard InChI is InChI=1S/C17H20N4O5/c1-10-2-3-12(8-18-10)26-14-9-25-5-4-13(14)19-15(22)6-11-7-16(23)20-21-17(11)24/h2-3,7-8,13-14H,4-6,9H2,1H3,(H,19,22)(H,20,23)(H,21,24)/t13-,14+/m1/s1. The van der Waals surface area contributed by atoms with Crippen molar-refractivity contribution in [3.05, 3.63) is 56.4 Å². The molecule has 3 N–H and O–H groups in total. The fourth-order valence-corrected chi connectivity index (χ4v) is 2.71. The normalized spacial score (nSPS) is 19.7. The Bertz CT molecular complexity index is 874. The van der Waals surface area contributed by atoms with Gasteiger partial charge in [0.05, 0.1) is 25.3 Å². The maximum atomic E-state index is 12.3. The number of aromatic amines is 2. The average Bonchev–Trinajstić information content (AvgIpc) is 2.62. The van der Waals surface area contributed by atoms with Crippen molar-refractivity contribution in [2.24, 2.45) is 0 Å². The van der Waals surface area contributed by atoms with Crippen molar-refractivity contribution < 1.29 is 14.3 Å². The molecule has 2 atom stereocenters. The molecular weight excluding hydrogens is 340 g/mol. The van der Waals surface area contributed by atoms with Gasteiger partial charge >= 0.3 is 0 Å². The van der Waals surface area contributed by atoms with Gasteiger partial charge in [-0.15, -0.1) is 0 Å². The van der Waals surface area contributed by atoms with E-state index < -0.39 is 11.1 Å². The van der Waals surface area contributed by atoms with E-state index in [1.807, 2.05) is 19.1 Å². The Balaban J connectivity index is 1.64. The van der Waals surface area contributed by atoms with Crippen LogP contribution in [0, 0.1) is 6.92 Å². The summed E-state index contributed by atoms with van der Waals surface area (Å²) in [6.07, 6.45) is 1.66. The monoisotopic (exact) mass is 360 g/mol. The molecule has 0 spiro atoms. The van der Waals surface area contributed by atoms with E-state index in [9.17, 15) is 14.4 Å². The molecule has 2 aromatic heterocycles. The molecule has 0 bridgehead atoms. The molecule has 1 saturated heterocycles. The molecule has 1 fully saturated rings. The van der Waals surface area contributed by atoms with Gasteiger partial charge in [0.15, 0.2) is 0 Å². The zero-order valence-electron chi connectivity index (χ0n) is 14.3. The maximum absolute atomic E-state index is 12.3. The van der Waals surface area contributed by atoms with Crippen LogP contribution >= 0.6 is 0 Å². The lowest BCUT2D eigenvalue weighted by molar-refractivity contribution is -0.123. The molecular formula is C17H20N4O5. The van der Waals surface area contributed by atoms with E-state index >= 15 is 0 Å². The van der Waals surface area contributed by atoms with Crippen molar-refractivity contribution in [2.45, 2.75) is 31.9 Å². The molecule has 9 nitrogen and oxygen atoms in total. The van der Waals surface area contributed by atoms with Crippen LogP contribution in [0.3, 0.4) is 0 Å². The van der Waals surface area contributed by atoms with Gasteiger partial charge in [-0.05, 0) is 25.5 Å². The second-order valence-corrected chi connectivity index (χ2v) is 6.12. The number of carbonyl (C=O) groups excluding carboxylic acids is 1. The molecule has 2 aromatic rings. The summed E-state index contributed by atoms with van der Waals surface area (Å²) in [6.45, 7) is 2.72. The number of amides is 1. The predicted molar refractivity (Wildman–Crippen MR) is 92.1 cm³/mol. The fourth-order valence-electron chi connectivity index (χ4n) is 2.71. The van der Waals surface area contributed by atoms with E-state index in [0.29, 0.717) is 25.4 Å². The summed E-state index contributed by atoms with van der Waals surface area (Å²) < 4.78 is 11.3. The van der Waals surface area contributed by atoms with Crippen LogP contribution in [-0.2, 0) is 16.0 Å². The fraction of sp³-hybridized carbons (Fsp3) is 0.412. The van der Waals surface area contributed by atoms with E-state index in [1.165, 1.54) is 0 Å². The number of aryl methyl sites for hydroxylation is 1. The number of nitrogens with zero attached hydrogens (tertiary/aromatic N) is 1. The van der Waals surface area contributed by atoms with Crippen molar-refractivity contribution in [1.29, 1.82) is 0 Å². The van der Waals surface area contributed by atoms with E-state index in [0.717, 1.165) is 11.8 Å². The number of hydrogen-bond acceptors (Lipinski definition) is 6. The lowest BCUT2D eigenvalue weighted by Crippen LogP contribution is -2.52. The zero-order chi connectivity index (χ0) is 18.5. The zero-order valence-corrected chi connectivity index (χ0v) is 14.3. The minimum atomic E-state index is -0.495. The second kappa shape index (κ2) is 7.96. The molecule has 138 valence electrons. The maximum Gasteiger partial charge on any atom is 0.266 e. The molecule has 1 aliphatic heterocycles. The van der Waals surface area contributed by atoms with Crippen LogP contribution in [0.25, 0.3) is 0 Å². The highest BCUT2D eigenvalue weighted by Crippen LogP contribution is 2.17. The van der Waals surface area contributed by atoms with E-state index in [1.54, 1.807) is 6.20 Å². The Morgan fingerprint density at radius 1 is 1.38 bits per heavy atom. The molecule has 0 saturated carbocycles. The third-order valence-corrected chi connectivity index (χ3v) is 4.07. The van der Waals surface area contributed by atoms with E-state index in [2.05, 4.69) is 20.5 Å². The molecule has 0 aliphatic carbocycles. The number of nitrogens with one attached hydrogen (secondary N) is 3. The van der Waals surface area contributed by atoms with Gasteiger partial charge in [-0.2, -0.15) is 0 Å². The minimum absolute atomic E-state index is 0.110. The highest BCUT2D eigenvalue weighted by atomic mass is 16.5. The van der Waals surface area contributed by atoms with Gasteiger partial charge in [0, 0.05) is 23.9 Å². The van der Waals surface area contributed by atoms with Gasteiger partial charge in [0.2, 0.25) is 5.91 Å².